The van der Waals surface area contributed by atoms with Crippen LogP contribution in [-0.4, -0.2) is 25.3 Å². The number of anilines is 1. The number of amidine groups is 1. The van der Waals surface area contributed by atoms with Gasteiger partial charge < -0.3 is 10.6 Å². The Morgan fingerprint density at radius 3 is 2.50 bits per heavy atom. The Hall–Kier alpha value is -4.10. The summed E-state index contributed by atoms with van der Waals surface area (Å²) < 4.78 is 27.8. The highest BCUT2D eigenvalue weighted by Gasteiger charge is 2.21. The van der Waals surface area contributed by atoms with Gasteiger partial charge in [0.2, 0.25) is 0 Å². The number of hydrogen-bond donors (Lipinski definition) is 1. The molecule has 6 nitrogen and oxygen atoms in total. The quantitative estimate of drug-likeness (QED) is 0.394. The van der Waals surface area contributed by atoms with E-state index in [1.807, 2.05) is 49.5 Å². The molecule has 0 unspecified atom stereocenters. The van der Waals surface area contributed by atoms with E-state index in [-0.39, 0.29) is 4.90 Å². The molecule has 1 aliphatic heterocycles. The smallest absolute Gasteiger partial charge is 0.268 e. The fourth-order valence-corrected chi connectivity index (χ4v) is 6.17. The van der Waals surface area contributed by atoms with Crippen molar-refractivity contribution in [3.8, 4) is 0 Å². The summed E-state index contributed by atoms with van der Waals surface area (Å²) in [5, 5.41) is 3.08. The fourth-order valence-electron chi connectivity index (χ4n) is 4.80. The lowest BCUT2D eigenvalue weighted by Crippen LogP contribution is -2.17. The highest BCUT2D eigenvalue weighted by molar-refractivity contribution is 7.90. The van der Waals surface area contributed by atoms with Gasteiger partial charge in [0, 0.05) is 47.2 Å². The SMILES string of the molecule is CN(Cc1cccc2c1ccn2S(=O)(=O)c1ccccc1)c1ccc2c3c(cccc13)C(N)=N2. The highest BCUT2D eigenvalue weighted by Crippen LogP contribution is 2.40. The van der Waals surface area contributed by atoms with Crippen molar-refractivity contribution in [2.45, 2.75) is 11.4 Å². The van der Waals surface area contributed by atoms with Crippen molar-refractivity contribution in [1.82, 2.24) is 3.97 Å². The second-order valence-electron chi connectivity index (χ2n) is 8.46. The zero-order valence-corrected chi connectivity index (χ0v) is 19.3. The first-order chi connectivity index (χ1) is 16.4. The minimum atomic E-state index is -3.68. The predicted molar refractivity (Wildman–Crippen MR) is 137 cm³/mol. The zero-order chi connectivity index (χ0) is 23.4. The van der Waals surface area contributed by atoms with Gasteiger partial charge in [0.1, 0.15) is 5.84 Å². The third-order valence-electron chi connectivity index (χ3n) is 6.42. The van der Waals surface area contributed by atoms with Crippen LogP contribution in [0, 0.1) is 0 Å². The van der Waals surface area contributed by atoms with E-state index < -0.39 is 10.0 Å². The molecule has 5 aromatic rings. The van der Waals surface area contributed by atoms with Crippen LogP contribution in [0.2, 0.25) is 0 Å². The molecule has 4 aromatic carbocycles. The Kier molecular flexibility index (Phi) is 4.50. The van der Waals surface area contributed by atoms with Crippen LogP contribution in [0.15, 0.2) is 101 Å². The number of fused-ring (bicyclic) bond motifs is 1. The molecule has 1 aromatic heterocycles. The number of nitrogens with zero attached hydrogens (tertiary/aromatic N) is 3. The molecular weight excluding hydrogens is 444 g/mol. The maximum Gasteiger partial charge on any atom is 0.268 e. The maximum absolute atomic E-state index is 13.2. The summed E-state index contributed by atoms with van der Waals surface area (Å²) in [5.74, 6) is 0.547. The molecule has 0 fully saturated rings. The molecule has 0 bridgehead atoms. The van der Waals surface area contributed by atoms with Crippen LogP contribution in [-0.2, 0) is 16.6 Å². The van der Waals surface area contributed by atoms with Gasteiger partial charge in [-0.25, -0.2) is 17.4 Å². The van der Waals surface area contributed by atoms with Gasteiger partial charge in [-0.05, 0) is 42.0 Å². The third-order valence-corrected chi connectivity index (χ3v) is 8.12. The van der Waals surface area contributed by atoms with Gasteiger partial charge in [-0.15, -0.1) is 0 Å². The van der Waals surface area contributed by atoms with Crippen LogP contribution in [0.5, 0.6) is 0 Å². The summed E-state index contributed by atoms with van der Waals surface area (Å²) in [6.07, 6.45) is 1.63. The molecule has 2 heterocycles. The highest BCUT2D eigenvalue weighted by atomic mass is 32.2. The molecule has 0 radical (unpaired) electrons. The largest absolute Gasteiger partial charge is 0.383 e. The maximum atomic E-state index is 13.2. The molecule has 168 valence electrons. The van der Waals surface area contributed by atoms with Gasteiger partial charge in [-0.3, -0.25) is 0 Å². The third kappa shape index (κ3) is 3.01. The Morgan fingerprint density at radius 2 is 1.68 bits per heavy atom. The molecule has 0 atom stereocenters. The van der Waals surface area contributed by atoms with Crippen molar-refractivity contribution in [2.24, 2.45) is 10.7 Å². The molecule has 6 rings (SSSR count). The number of aromatic nitrogens is 1. The predicted octanol–water partition coefficient (Wildman–Crippen LogP) is 5.02. The molecule has 0 saturated heterocycles. The zero-order valence-electron chi connectivity index (χ0n) is 18.5. The fraction of sp³-hybridized carbons (Fsp3) is 0.0741. The van der Waals surface area contributed by atoms with Crippen LogP contribution >= 0.6 is 0 Å². The minimum absolute atomic E-state index is 0.268. The van der Waals surface area contributed by atoms with Gasteiger partial charge in [0.05, 0.1) is 16.1 Å². The average molecular weight is 467 g/mol. The van der Waals surface area contributed by atoms with Crippen LogP contribution in [0.4, 0.5) is 11.4 Å². The Balaban J connectivity index is 1.40. The Morgan fingerprint density at radius 1 is 0.882 bits per heavy atom. The topological polar surface area (TPSA) is 80.7 Å². The summed E-state index contributed by atoms with van der Waals surface area (Å²) in [6, 6.07) is 26.3. The summed E-state index contributed by atoms with van der Waals surface area (Å²) in [4.78, 5) is 6.93. The van der Waals surface area contributed by atoms with Gasteiger partial charge >= 0.3 is 0 Å². The van der Waals surface area contributed by atoms with Crippen molar-refractivity contribution < 1.29 is 8.42 Å². The Bertz CT molecular complexity index is 1720. The second kappa shape index (κ2) is 7.46. The lowest BCUT2D eigenvalue weighted by molar-refractivity contribution is 0.589. The molecule has 0 saturated carbocycles. The number of benzene rings is 4. The van der Waals surface area contributed by atoms with Crippen molar-refractivity contribution in [1.29, 1.82) is 0 Å². The molecule has 0 aliphatic carbocycles. The molecule has 0 spiro atoms. The molecule has 34 heavy (non-hydrogen) atoms. The van der Waals surface area contributed by atoms with Crippen molar-refractivity contribution in [3.05, 3.63) is 102 Å². The number of aliphatic imine (C=N–C) groups is 1. The van der Waals surface area contributed by atoms with Gasteiger partial charge in [-0.1, -0.05) is 48.5 Å². The Labute approximate surface area is 197 Å². The monoisotopic (exact) mass is 466 g/mol. The van der Waals surface area contributed by atoms with Crippen molar-refractivity contribution in [3.63, 3.8) is 0 Å². The average Bonchev–Trinajstić information content (AvgIpc) is 3.43. The van der Waals surface area contributed by atoms with E-state index in [1.165, 1.54) is 3.97 Å². The molecule has 7 heteroatoms. The summed E-state index contributed by atoms with van der Waals surface area (Å²) in [7, 11) is -1.64. The first-order valence-corrected chi connectivity index (χ1v) is 12.4. The lowest BCUT2D eigenvalue weighted by Gasteiger charge is -2.22. The van der Waals surface area contributed by atoms with E-state index in [2.05, 4.69) is 22.0 Å². The van der Waals surface area contributed by atoms with E-state index in [0.717, 1.165) is 38.7 Å². The standard InChI is InChI=1S/C27H22N4O2S/c1-30(24-14-13-23-26-21(24)10-6-11-22(26)27(28)29-23)17-18-7-5-12-25-20(18)15-16-31(25)34(32,33)19-8-3-2-4-9-19/h2-16H,17H2,1H3,(H2,28,29). The molecule has 1 aliphatic rings. The van der Waals surface area contributed by atoms with E-state index in [1.54, 1.807) is 36.5 Å². The first kappa shape index (κ1) is 20.5. The normalized spacial score (nSPS) is 12.9. The van der Waals surface area contributed by atoms with Crippen LogP contribution < -0.4 is 10.6 Å². The summed E-state index contributed by atoms with van der Waals surface area (Å²) in [5.41, 5.74) is 10.8. The molecule has 2 N–H and O–H groups in total. The van der Waals surface area contributed by atoms with E-state index in [4.69, 9.17) is 5.73 Å². The summed E-state index contributed by atoms with van der Waals surface area (Å²) >= 11 is 0. The number of hydrogen-bond acceptors (Lipinski definition) is 5. The second-order valence-corrected chi connectivity index (χ2v) is 10.3. The lowest BCUT2D eigenvalue weighted by atomic mass is 10.0. The summed E-state index contributed by atoms with van der Waals surface area (Å²) in [6.45, 7) is 0.613. The first-order valence-electron chi connectivity index (χ1n) is 11.0. The van der Waals surface area contributed by atoms with Crippen LogP contribution in [0.3, 0.4) is 0 Å². The number of nitrogens with two attached hydrogens (primary N) is 1. The van der Waals surface area contributed by atoms with Crippen LogP contribution in [0.1, 0.15) is 11.1 Å². The van der Waals surface area contributed by atoms with Gasteiger partial charge in [0.15, 0.2) is 0 Å². The van der Waals surface area contributed by atoms with E-state index >= 15 is 0 Å². The van der Waals surface area contributed by atoms with Crippen molar-refractivity contribution in [2.75, 3.05) is 11.9 Å². The van der Waals surface area contributed by atoms with Crippen LogP contribution in [0.25, 0.3) is 21.7 Å². The van der Waals surface area contributed by atoms with Gasteiger partial charge in [-0.2, -0.15) is 0 Å². The van der Waals surface area contributed by atoms with E-state index in [0.29, 0.717) is 17.9 Å². The minimum Gasteiger partial charge on any atom is -0.383 e. The molecular formula is C27H22N4O2S. The number of rotatable bonds is 5. The van der Waals surface area contributed by atoms with Crippen molar-refractivity contribution >= 4 is 48.9 Å². The molecule has 0 amide bonds. The van der Waals surface area contributed by atoms with Gasteiger partial charge in [0.25, 0.3) is 10.0 Å². The van der Waals surface area contributed by atoms with E-state index in [9.17, 15) is 8.42 Å².